The number of carbonyl (C=O) groups excluding carboxylic acids is 1. The summed E-state index contributed by atoms with van der Waals surface area (Å²) in [6.45, 7) is 0. The Balaban J connectivity index is 1.58. The Labute approximate surface area is 187 Å². The minimum atomic E-state index is -0.207. The van der Waals surface area contributed by atoms with Crippen LogP contribution in [0.15, 0.2) is 78.1 Å². The number of carbonyl (C=O) groups is 1. The number of benzene rings is 2. The van der Waals surface area contributed by atoms with Gasteiger partial charge in [0.05, 0.1) is 10.8 Å². The number of hydrogen-bond donors (Lipinski definition) is 1. The van der Waals surface area contributed by atoms with Gasteiger partial charge >= 0.3 is 0 Å². The average Bonchev–Trinajstić information content (AvgIpc) is 3.19. The molecule has 150 valence electrons. The zero-order valence-electron chi connectivity index (χ0n) is 15.5. The van der Waals surface area contributed by atoms with Crippen molar-refractivity contribution in [2.75, 3.05) is 11.1 Å². The first-order valence-electron chi connectivity index (χ1n) is 8.91. The van der Waals surface area contributed by atoms with Gasteiger partial charge in [-0.15, -0.1) is 10.2 Å². The Morgan fingerprint density at radius 1 is 0.933 bits per heavy atom. The molecule has 2 heterocycles. The Hall–Kier alpha value is -2.87. The SMILES string of the molecule is O=C(CSc1nnc(-c2ccccc2)n1-c1ccc(Cl)cc1)Nc1ccc(Cl)cn1. The molecule has 2 aromatic carbocycles. The van der Waals surface area contributed by atoms with Gasteiger partial charge in [-0.1, -0.05) is 65.3 Å². The van der Waals surface area contributed by atoms with Crippen molar-refractivity contribution in [1.29, 1.82) is 0 Å². The number of thioether (sulfide) groups is 1. The minimum Gasteiger partial charge on any atom is -0.310 e. The molecule has 2 aromatic heterocycles. The number of nitrogens with one attached hydrogen (secondary N) is 1. The number of halogens is 2. The molecular formula is C21H15Cl2N5OS. The van der Waals surface area contributed by atoms with Crippen LogP contribution in [0.4, 0.5) is 5.82 Å². The molecule has 0 spiro atoms. The number of anilines is 1. The Morgan fingerprint density at radius 2 is 1.67 bits per heavy atom. The fourth-order valence-corrected chi connectivity index (χ4v) is 3.71. The zero-order valence-corrected chi connectivity index (χ0v) is 17.8. The predicted molar refractivity (Wildman–Crippen MR) is 120 cm³/mol. The minimum absolute atomic E-state index is 0.144. The van der Waals surface area contributed by atoms with E-state index in [1.165, 1.54) is 18.0 Å². The maximum absolute atomic E-state index is 12.4. The highest BCUT2D eigenvalue weighted by molar-refractivity contribution is 7.99. The molecule has 0 aliphatic carbocycles. The third-order valence-electron chi connectivity index (χ3n) is 4.08. The fraction of sp³-hybridized carbons (Fsp3) is 0.0476. The van der Waals surface area contributed by atoms with Crippen LogP contribution in [0.1, 0.15) is 0 Å². The number of amides is 1. The number of pyridine rings is 1. The standard InChI is InChI=1S/C21H15Cl2N5OS/c22-15-6-9-17(10-7-15)28-20(14-4-2-1-3-5-14)26-27-21(28)30-13-19(29)25-18-11-8-16(23)12-24-18/h1-12H,13H2,(H,24,25,29). The van der Waals surface area contributed by atoms with E-state index in [1.54, 1.807) is 24.3 Å². The molecule has 6 nitrogen and oxygen atoms in total. The normalized spacial score (nSPS) is 10.7. The highest BCUT2D eigenvalue weighted by Crippen LogP contribution is 2.28. The van der Waals surface area contributed by atoms with Gasteiger partial charge in [-0.3, -0.25) is 9.36 Å². The monoisotopic (exact) mass is 455 g/mol. The third kappa shape index (κ3) is 4.81. The molecule has 0 aliphatic heterocycles. The lowest BCUT2D eigenvalue weighted by molar-refractivity contribution is -0.113. The summed E-state index contributed by atoms with van der Waals surface area (Å²) >= 11 is 13.2. The molecule has 1 N–H and O–H groups in total. The number of hydrogen-bond acceptors (Lipinski definition) is 5. The number of nitrogens with zero attached hydrogens (tertiary/aromatic N) is 4. The van der Waals surface area contributed by atoms with Crippen LogP contribution < -0.4 is 5.32 Å². The van der Waals surface area contributed by atoms with Crippen molar-refractivity contribution in [2.24, 2.45) is 0 Å². The lowest BCUT2D eigenvalue weighted by atomic mass is 10.2. The molecule has 30 heavy (non-hydrogen) atoms. The van der Waals surface area contributed by atoms with Crippen LogP contribution in [-0.4, -0.2) is 31.4 Å². The molecule has 0 fully saturated rings. The topological polar surface area (TPSA) is 72.7 Å². The average molecular weight is 456 g/mol. The second-order valence-electron chi connectivity index (χ2n) is 6.18. The first-order valence-corrected chi connectivity index (χ1v) is 10.7. The summed E-state index contributed by atoms with van der Waals surface area (Å²) in [5.41, 5.74) is 1.77. The molecule has 0 atom stereocenters. The lowest BCUT2D eigenvalue weighted by Gasteiger charge is -2.10. The predicted octanol–water partition coefficient (Wildman–Crippen LogP) is 5.37. The molecule has 0 radical (unpaired) electrons. The molecule has 9 heteroatoms. The summed E-state index contributed by atoms with van der Waals surface area (Å²) in [6.07, 6.45) is 1.48. The van der Waals surface area contributed by atoms with Gasteiger partial charge < -0.3 is 5.32 Å². The summed E-state index contributed by atoms with van der Waals surface area (Å²) in [4.78, 5) is 16.4. The molecular weight excluding hydrogens is 441 g/mol. The summed E-state index contributed by atoms with van der Waals surface area (Å²) in [6, 6.07) is 20.4. The van der Waals surface area contributed by atoms with Gasteiger partial charge in [-0.05, 0) is 36.4 Å². The van der Waals surface area contributed by atoms with Crippen LogP contribution in [0, 0.1) is 0 Å². The van der Waals surface area contributed by atoms with Crippen molar-refractivity contribution in [3.8, 4) is 17.1 Å². The summed E-state index contributed by atoms with van der Waals surface area (Å²) in [7, 11) is 0. The van der Waals surface area contributed by atoms with Crippen molar-refractivity contribution in [1.82, 2.24) is 19.7 Å². The quantitative estimate of drug-likeness (QED) is 0.395. The van der Waals surface area contributed by atoms with Crippen LogP contribution >= 0.6 is 35.0 Å². The van der Waals surface area contributed by atoms with Crippen LogP contribution in [0.2, 0.25) is 10.0 Å². The molecule has 4 rings (SSSR count). The number of rotatable bonds is 6. The second kappa shape index (κ2) is 9.30. The Morgan fingerprint density at radius 3 is 2.37 bits per heavy atom. The summed E-state index contributed by atoms with van der Waals surface area (Å²) in [5.74, 6) is 1.06. The van der Waals surface area contributed by atoms with E-state index in [-0.39, 0.29) is 11.7 Å². The molecule has 4 aromatic rings. The van der Waals surface area contributed by atoms with E-state index in [1.807, 2.05) is 47.0 Å². The van der Waals surface area contributed by atoms with Gasteiger partial charge in [0, 0.05) is 22.5 Å². The van der Waals surface area contributed by atoms with E-state index < -0.39 is 0 Å². The highest BCUT2D eigenvalue weighted by atomic mass is 35.5. The largest absolute Gasteiger partial charge is 0.310 e. The van der Waals surface area contributed by atoms with E-state index in [0.717, 1.165) is 11.3 Å². The van der Waals surface area contributed by atoms with E-state index in [9.17, 15) is 4.79 Å². The first-order chi connectivity index (χ1) is 14.6. The van der Waals surface area contributed by atoms with Gasteiger partial charge in [0.1, 0.15) is 5.82 Å². The Kier molecular flexibility index (Phi) is 6.32. The van der Waals surface area contributed by atoms with Crippen LogP contribution in [-0.2, 0) is 4.79 Å². The van der Waals surface area contributed by atoms with Gasteiger partial charge in [0.2, 0.25) is 5.91 Å². The van der Waals surface area contributed by atoms with E-state index in [2.05, 4.69) is 20.5 Å². The maximum Gasteiger partial charge on any atom is 0.236 e. The second-order valence-corrected chi connectivity index (χ2v) is 8.00. The van der Waals surface area contributed by atoms with E-state index >= 15 is 0 Å². The molecule has 0 unspecified atom stereocenters. The fourth-order valence-electron chi connectivity index (χ4n) is 2.72. The van der Waals surface area contributed by atoms with Crippen molar-refractivity contribution in [3.05, 3.63) is 83.0 Å². The van der Waals surface area contributed by atoms with Gasteiger partial charge in [0.15, 0.2) is 11.0 Å². The third-order valence-corrected chi connectivity index (χ3v) is 5.48. The van der Waals surface area contributed by atoms with Crippen molar-refractivity contribution < 1.29 is 4.79 Å². The summed E-state index contributed by atoms with van der Waals surface area (Å²) < 4.78 is 1.91. The van der Waals surface area contributed by atoms with Crippen LogP contribution in [0.25, 0.3) is 17.1 Å². The maximum atomic E-state index is 12.4. The zero-order chi connectivity index (χ0) is 20.9. The molecule has 1 amide bonds. The van der Waals surface area contributed by atoms with E-state index in [0.29, 0.717) is 26.8 Å². The highest BCUT2D eigenvalue weighted by Gasteiger charge is 2.17. The first kappa shape index (κ1) is 20.4. The molecule has 0 saturated heterocycles. The Bertz CT molecular complexity index is 1150. The molecule has 0 bridgehead atoms. The smallest absolute Gasteiger partial charge is 0.236 e. The van der Waals surface area contributed by atoms with Crippen LogP contribution in [0.3, 0.4) is 0 Å². The van der Waals surface area contributed by atoms with Crippen molar-refractivity contribution in [2.45, 2.75) is 5.16 Å². The van der Waals surface area contributed by atoms with Crippen molar-refractivity contribution in [3.63, 3.8) is 0 Å². The van der Waals surface area contributed by atoms with Gasteiger partial charge in [-0.25, -0.2) is 4.98 Å². The number of aromatic nitrogens is 4. The van der Waals surface area contributed by atoms with Crippen LogP contribution in [0.5, 0.6) is 0 Å². The van der Waals surface area contributed by atoms with Gasteiger partial charge in [0.25, 0.3) is 0 Å². The molecule has 0 aliphatic rings. The van der Waals surface area contributed by atoms with Crippen molar-refractivity contribution >= 4 is 46.7 Å². The summed E-state index contributed by atoms with van der Waals surface area (Å²) in [5, 5.41) is 13.1. The lowest BCUT2D eigenvalue weighted by Crippen LogP contribution is -2.15. The van der Waals surface area contributed by atoms with E-state index in [4.69, 9.17) is 23.2 Å². The van der Waals surface area contributed by atoms with Gasteiger partial charge in [-0.2, -0.15) is 0 Å². The molecule has 0 saturated carbocycles.